The average Bonchev–Trinajstić information content (AvgIpc) is 2.04. The predicted molar refractivity (Wildman–Crippen MR) is 55.7 cm³/mol. The minimum Gasteiger partial charge on any atom is -0.339 e. The van der Waals surface area contributed by atoms with Gasteiger partial charge in [0.15, 0.2) is 0 Å². The quantitative estimate of drug-likeness (QED) is 0.644. The highest BCUT2D eigenvalue weighted by Gasteiger charge is 2.15. The van der Waals surface area contributed by atoms with Gasteiger partial charge < -0.3 is 4.90 Å². The molecule has 0 saturated heterocycles. The number of carbonyl (C=O) groups is 1. The SMILES string of the molecule is CCN(C)CC(=O)N(CC)C(C)C. The van der Waals surface area contributed by atoms with Crippen molar-refractivity contribution >= 4 is 5.91 Å². The maximum atomic E-state index is 11.7. The first-order valence-electron chi connectivity index (χ1n) is 5.00. The molecule has 0 aromatic heterocycles. The molecule has 0 fully saturated rings. The summed E-state index contributed by atoms with van der Waals surface area (Å²) in [6, 6.07) is 0.308. The van der Waals surface area contributed by atoms with Gasteiger partial charge in [0.25, 0.3) is 0 Å². The van der Waals surface area contributed by atoms with E-state index in [1.54, 1.807) is 0 Å². The highest BCUT2D eigenvalue weighted by atomic mass is 16.2. The molecular formula is C10H22N2O. The number of nitrogens with zero attached hydrogens (tertiary/aromatic N) is 2. The molecule has 0 aromatic carbocycles. The van der Waals surface area contributed by atoms with Crippen molar-refractivity contribution in [1.82, 2.24) is 9.80 Å². The lowest BCUT2D eigenvalue weighted by Crippen LogP contribution is -2.42. The van der Waals surface area contributed by atoms with Crippen LogP contribution in [0, 0.1) is 0 Å². The Balaban J connectivity index is 4.06. The van der Waals surface area contributed by atoms with E-state index in [0.29, 0.717) is 12.6 Å². The Labute approximate surface area is 81.7 Å². The van der Waals surface area contributed by atoms with Crippen LogP contribution in [0.5, 0.6) is 0 Å². The summed E-state index contributed by atoms with van der Waals surface area (Å²) in [6.45, 7) is 10.4. The molecular weight excluding hydrogens is 164 g/mol. The Morgan fingerprint density at radius 1 is 1.23 bits per heavy atom. The van der Waals surface area contributed by atoms with E-state index in [1.165, 1.54) is 0 Å². The molecule has 0 spiro atoms. The number of hydrogen-bond donors (Lipinski definition) is 0. The molecule has 0 aliphatic carbocycles. The highest BCUT2D eigenvalue weighted by molar-refractivity contribution is 5.78. The number of hydrogen-bond acceptors (Lipinski definition) is 2. The first kappa shape index (κ1) is 12.4. The molecule has 0 bridgehead atoms. The number of likely N-dealkylation sites (N-methyl/N-ethyl adjacent to an activating group) is 2. The molecule has 0 atom stereocenters. The van der Waals surface area contributed by atoms with Crippen LogP contribution in [0.3, 0.4) is 0 Å². The van der Waals surface area contributed by atoms with Gasteiger partial charge in [0, 0.05) is 12.6 Å². The van der Waals surface area contributed by atoms with Crippen LogP contribution in [-0.4, -0.2) is 48.4 Å². The van der Waals surface area contributed by atoms with Crippen LogP contribution in [0.15, 0.2) is 0 Å². The lowest BCUT2D eigenvalue weighted by atomic mass is 10.3. The maximum Gasteiger partial charge on any atom is 0.236 e. The van der Waals surface area contributed by atoms with Gasteiger partial charge >= 0.3 is 0 Å². The second-order valence-electron chi connectivity index (χ2n) is 3.60. The smallest absolute Gasteiger partial charge is 0.236 e. The van der Waals surface area contributed by atoms with Gasteiger partial charge in [-0.3, -0.25) is 9.69 Å². The number of amides is 1. The van der Waals surface area contributed by atoms with Gasteiger partial charge in [-0.2, -0.15) is 0 Å². The van der Waals surface area contributed by atoms with E-state index in [1.807, 2.05) is 37.6 Å². The Morgan fingerprint density at radius 3 is 2.08 bits per heavy atom. The third-order valence-electron chi connectivity index (χ3n) is 2.23. The largest absolute Gasteiger partial charge is 0.339 e. The molecule has 3 heteroatoms. The first-order valence-corrected chi connectivity index (χ1v) is 5.00. The van der Waals surface area contributed by atoms with Crippen molar-refractivity contribution in [1.29, 1.82) is 0 Å². The van der Waals surface area contributed by atoms with Crippen molar-refractivity contribution in [2.75, 3.05) is 26.7 Å². The summed E-state index contributed by atoms with van der Waals surface area (Å²) in [5, 5.41) is 0. The lowest BCUT2D eigenvalue weighted by molar-refractivity contribution is -0.133. The summed E-state index contributed by atoms with van der Waals surface area (Å²) in [5.74, 6) is 0.224. The van der Waals surface area contributed by atoms with Crippen LogP contribution < -0.4 is 0 Å². The second-order valence-corrected chi connectivity index (χ2v) is 3.60. The fourth-order valence-corrected chi connectivity index (χ4v) is 1.26. The van der Waals surface area contributed by atoms with E-state index in [2.05, 4.69) is 6.92 Å². The van der Waals surface area contributed by atoms with Gasteiger partial charge in [0.05, 0.1) is 6.54 Å². The van der Waals surface area contributed by atoms with Gasteiger partial charge in [-0.1, -0.05) is 6.92 Å². The Morgan fingerprint density at radius 2 is 1.77 bits per heavy atom. The van der Waals surface area contributed by atoms with Crippen molar-refractivity contribution in [3.63, 3.8) is 0 Å². The van der Waals surface area contributed by atoms with Crippen LogP contribution in [0.4, 0.5) is 0 Å². The average molecular weight is 186 g/mol. The van der Waals surface area contributed by atoms with E-state index >= 15 is 0 Å². The van der Waals surface area contributed by atoms with Crippen LogP contribution in [0.1, 0.15) is 27.7 Å². The standard InChI is InChI=1S/C10H22N2O/c1-6-11(5)8-10(13)12(7-2)9(3)4/h9H,6-8H2,1-5H3. The maximum absolute atomic E-state index is 11.7. The molecule has 0 aliphatic rings. The van der Waals surface area contributed by atoms with E-state index < -0.39 is 0 Å². The molecule has 0 saturated carbocycles. The van der Waals surface area contributed by atoms with E-state index in [9.17, 15) is 4.79 Å². The molecule has 78 valence electrons. The molecule has 0 rings (SSSR count). The minimum absolute atomic E-state index is 0.224. The summed E-state index contributed by atoms with van der Waals surface area (Å²) in [4.78, 5) is 15.6. The zero-order chi connectivity index (χ0) is 10.4. The highest BCUT2D eigenvalue weighted by Crippen LogP contribution is 1.99. The van der Waals surface area contributed by atoms with Gasteiger partial charge in [0.2, 0.25) is 5.91 Å². The third-order valence-corrected chi connectivity index (χ3v) is 2.23. The Kier molecular flexibility index (Phi) is 5.71. The van der Waals surface area contributed by atoms with E-state index in [4.69, 9.17) is 0 Å². The van der Waals surface area contributed by atoms with Crippen LogP contribution >= 0.6 is 0 Å². The Hall–Kier alpha value is -0.570. The van der Waals surface area contributed by atoms with Crippen molar-refractivity contribution in [3.05, 3.63) is 0 Å². The van der Waals surface area contributed by atoms with Gasteiger partial charge in [0.1, 0.15) is 0 Å². The zero-order valence-electron chi connectivity index (χ0n) is 9.50. The van der Waals surface area contributed by atoms with Crippen molar-refractivity contribution in [3.8, 4) is 0 Å². The van der Waals surface area contributed by atoms with Crippen LogP contribution in [0.25, 0.3) is 0 Å². The molecule has 0 aliphatic heterocycles. The van der Waals surface area contributed by atoms with Crippen molar-refractivity contribution in [2.24, 2.45) is 0 Å². The van der Waals surface area contributed by atoms with Crippen LogP contribution in [0.2, 0.25) is 0 Å². The predicted octanol–water partition coefficient (Wildman–Crippen LogP) is 1.19. The van der Waals surface area contributed by atoms with E-state index in [-0.39, 0.29) is 5.91 Å². The van der Waals surface area contributed by atoms with Gasteiger partial charge in [-0.25, -0.2) is 0 Å². The van der Waals surface area contributed by atoms with Crippen LogP contribution in [-0.2, 0) is 4.79 Å². The topological polar surface area (TPSA) is 23.6 Å². The summed E-state index contributed by atoms with van der Waals surface area (Å²) in [6.07, 6.45) is 0. The molecule has 3 nitrogen and oxygen atoms in total. The Bertz CT molecular complexity index is 157. The molecule has 13 heavy (non-hydrogen) atoms. The number of carbonyl (C=O) groups excluding carboxylic acids is 1. The molecule has 1 amide bonds. The van der Waals surface area contributed by atoms with Crippen molar-refractivity contribution in [2.45, 2.75) is 33.7 Å². The van der Waals surface area contributed by atoms with Gasteiger partial charge in [-0.15, -0.1) is 0 Å². The summed E-state index contributed by atoms with van der Waals surface area (Å²) >= 11 is 0. The lowest BCUT2D eigenvalue weighted by Gasteiger charge is -2.27. The minimum atomic E-state index is 0.224. The summed E-state index contributed by atoms with van der Waals surface area (Å²) in [5.41, 5.74) is 0. The zero-order valence-corrected chi connectivity index (χ0v) is 9.50. The number of rotatable bonds is 5. The molecule has 0 radical (unpaired) electrons. The summed E-state index contributed by atoms with van der Waals surface area (Å²) in [7, 11) is 1.96. The normalized spacial score (nSPS) is 11.0. The van der Waals surface area contributed by atoms with Crippen molar-refractivity contribution < 1.29 is 4.79 Å². The molecule has 0 unspecified atom stereocenters. The summed E-state index contributed by atoms with van der Waals surface area (Å²) < 4.78 is 0. The molecule has 0 N–H and O–H groups in total. The van der Waals surface area contributed by atoms with E-state index in [0.717, 1.165) is 13.1 Å². The fraction of sp³-hybridized carbons (Fsp3) is 0.900. The third kappa shape index (κ3) is 4.27. The second kappa shape index (κ2) is 5.97. The molecule has 0 heterocycles. The fourth-order valence-electron chi connectivity index (χ4n) is 1.26. The first-order chi connectivity index (χ1) is 6.02. The molecule has 0 aromatic rings. The monoisotopic (exact) mass is 186 g/mol. The van der Waals surface area contributed by atoms with Gasteiger partial charge in [-0.05, 0) is 34.4 Å².